The molecule has 0 bridgehead atoms. The molecule has 1 aliphatic heterocycles. The molecule has 4 nitrogen and oxygen atoms in total. The minimum absolute atomic E-state index is 0. The summed E-state index contributed by atoms with van der Waals surface area (Å²) in [6, 6.07) is 8.09. The first kappa shape index (κ1) is 19.0. The van der Waals surface area contributed by atoms with Gasteiger partial charge in [0.2, 0.25) is 0 Å². The van der Waals surface area contributed by atoms with Gasteiger partial charge in [-0.15, -0.1) is 23.7 Å². The van der Waals surface area contributed by atoms with Crippen LogP contribution in [0.3, 0.4) is 0 Å². The van der Waals surface area contributed by atoms with E-state index in [2.05, 4.69) is 27.4 Å². The lowest BCUT2D eigenvalue weighted by Gasteiger charge is -2.32. The van der Waals surface area contributed by atoms with E-state index in [-0.39, 0.29) is 18.3 Å². The van der Waals surface area contributed by atoms with Gasteiger partial charge < -0.3 is 14.8 Å². The van der Waals surface area contributed by atoms with Crippen LogP contribution in [0.5, 0.6) is 0 Å². The first-order chi connectivity index (χ1) is 11.3. The Kier molecular flexibility index (Phi) is 7.34. The zero-order chi connectivity index (χ0) is 16.1. The average Bonchev–Trinajstić information content (AvgIpc) is 3.25. The molecule has 0 unspecified atom stereocenters. The Balaban J connectivity index is 0.00000208. The first-order valence-corrected chi connectivity index (χ1v) is 9.27. The topological polar surface area (TPSA) is 37.3 Å². The number of nitrogens with zero attached hydrogens (tertiary/aromatic N) is 2. The second-order valence-corrected chi connectivity index (χ2v) is 7.26. The van der Waals surface area contributed by atoms with Crippen molar-refractivity contribution < 1.29 is 4.79 Å². The highest BCUT2D eigenvalue weighted by Gasteiger charge is 2.24. The third-order valence-electron chi connectivity index (χ3n) is 4.66. The molecule has 1 amide bonds. The van der Waals surface area contributed by atoms with Crippen LogP contribution in [0.2, 0.25) is 0 Å². The number of carbonyl (C=O) groups is 1. The normalized spacial score (nSPS) is 15.3. The van der Waals surface area contributed by atoms with Crippen molar-refractivity contribution in [3.8, 4) is 0 Å². The van der Waals surface area contributed by atoms with Crippen LogP contribution < -0.4 is 5.32 Å². The molecule has 1 fully saturated rings. The van der Waals surface area contributed by atoms with E-state index in [0.717, 1.165) is 50.6 Å². The Morgan fingerprint density at radius 2 is 2.08 bits per heavy atom. The first-order valence-electron chi connectivity index (χ1n) is 8.39. The highest BCUT2D eigenvalue weighted by Crippen LogP contribution is 2.22. The number of piperidine rings is 1. The van der Waals surface area contributed by atoms with E-state index < -0.39 is 0 Å². The SMILES string of the molecule is CNCCC1CCN(C(=O)c2cccn2Cc2cccs2)CC1.Cl. The van der Waals surface area contributed by atoms with Crippen LogP contribution in [0.15, 0.2) is 35.8 Å². The summed E-state index contributed by atoms with van der Waals surface area (Å²) in [5.41, 5.74) is 0.812. The number of hydrogen-bond donors (Lipinski definition) is 1. The second kappa shape index (κ2) is 9.25. The Morgan fingerprint density at radius 3 is 2.75 bits per heavy atom. The summed E-state index contributed by atoms with van der Waals surface area (Å²) in [6.07, 6.45) is 5.47. The summed E-state index contributed by atoms with van der Waals surface area (Å²) >= 11 is 1.73. The van der Waals surface area contributed by atoms with Gasteiger partial charge in [0.25, 0.3) is 5.91 Å². The van der Waals surface area contributed by atoms with Crippen molar-refractivity contribution in [1.82, 2.24) is 14.8 Å². The average molecular weight is 368 g/mol. The molecule has 24 heavy (non-hydrogen) atoms. The summed E-state index contributed by atoms with van der Waals surface area (Å²) in [4.78, 5) is 16.1. The monoisotopic (exact) mass is 367 g/mol. The minimum Gasteiger partial charge on any atom is -0.338 e. The van der Waals surface area contributed by atoms with Gasteiger partial charge in [-0.2, -0.15) is 0 Å². The van der Waals surface area contributed by atoms with Crippen molar-refractivity contribution in [2.45, 2.75) is 25.8 Å². The van der Waals surface area contributed by atoms with Crippen molar-refractivity contribution in [1.29, 1.82) is 0 Å². The standard InChI is InChI=1S/C18H25N3OS.ClH/c1-19-9-6-15-7-11-20(12-8-15)18(22)17-5-2-10-21(17)14-16-4-3-13-23-16;/h2-5,10,13,15,19H,6-9,11-12,14H2,1H3;1H. The molecule has 0 spiro atoms. The van der Waals surface area contributed by atoms with Gasteiger partial charge in [-0.3, -0.25) is 4.79 Å². The van der Waals surface area contributed by atoms with E-state index in [0.29, 0.717) is 0 Å². The molecule has 0 aliphatic carbocycles. The zero-order valence-electron chi connectivity index (χ0n) is 14.1. The number of halogens is 1. The van der Waals surface area contributed by atoms with Gasteiger partial charge in [-0.1, -0.05) is 6.07 Å². The van der Waals surface area contributed by atoms with Crippen LogP contribution >= 0.6 is 23.7 Å². The van der Waals surface area contributed by atoms with Crippen molar-refractivity contribution in [3.05, 3.63) is 46.4 Å². The maximum Gasteiger partial charge on any atom is 0.270 e. The largest absolute Gasteiger partial charge is 0.338 e. The van der Waals surface area contributed by atoms with Crippen molar-refractivity contribution in [2.75, 3.05) is 26.7 Å². The molecular weight excluding hydrogens is 342 g/mol. The molecule has 0 aromatic carbocycles. The minimum atomic E-state index is 0. The van der Waals surface area contributed by atoms with E-state index in [1.165, 1.54) is 11.3 Å². The molecule has 6 heteroatoms. The highest BCUT2D eigenvalue weighted by molar-refractivity contribution is 7.09. The smallest absolute Gasteiger partial charge is 0.270 e. The molecule has 0 radical (unpaired) electrons. The number of hydrogen-bond acceptors (Lipinski definition) is 3. The number of amides is 1. The summed E-state index contributed by atoms with van der Waals surface area (Å²) in [7, 11) is 2.00. The molecule has 132 valence electrons. The van der Waals surface area contributed by atoms with Crippen LogP contribution in [0.1, 0.15) is 34.6 Å². The van der Waals surface area contributed by atoms with E-state index in [1.54, 1.807) is 11.3 Å². The van der Waals surface area contributed by atoms with Crippen LogP contribution in [0.4, 0.5) is 0 Å². The van der Waals surface area contributed by atoms with Gasteiger partial charge in [0, 0.05) is 24.2 Å². The van der Waals surface area contributed by atoms with Crippen molar-refractivity contribution in [2.24, 2.45) is 5.92 Å². The molecule has 1 aliphatic rings. The molecule has 2 aromatic rings. The quantitative estimate of drug-likeness (QED) is 0.848. The van der Waals surface area contributed by atoms with Gasteiger partial charge in [-0.05, 0) is 62.4 Å². The Hall–Kier alpha value is -1.30. The third kappa shape index (κ3) is 4.62. The van der Waals surface area contributed by atoms with Crippen molar-refractivity contribution >= 4 is 29.7 Å². The Bertz CT molecular complexity index is 618. The molecule has 3 heterocycles. The number of aromatic nitrogens is 1. The molecule has 3 rings (SSSR count). The number of likely N-dealkylation sites (tertiary alicyclic amines) is 1. The van der Waals surface area contributed by atoms with Gasteiger partial charge in [0.15, 0.2) is 0 Å². The van der Waals surface area contributed by atoms with E-state index in [1.807, 2.05) is 30.3 Å². The summed E-state index contributed by atoms with van der Waals surface area (Å²) in [6.45, 7) is 3.63. The van der Waals surface area contributed by atoms with Crippen LogP contribution in [0.25, 0.3) is 0 Å². The fourth-order valence-corrected chi connectivity index (χ4v) is 3.95. The lowest BCUT2D eigenvalue weighted by molar-refractivity contribution is 0.0677. The Labute approximate surface area is 154 Å². The van der Waals surface area contributed by atoms with E-state index in [4.69, 9.17) is 0 Å². The maximum atomic E-state index is 12.8. The number of thiophene rings is 1. The number of nitrogens with one attached hydrogen (secondary N) is 1. The molecule has 1 saturated heterocycles. The third-order valence-corrected chi connectivity index (χ3v) is 5.52. The molecule has 2 aromatic heterocycles. The van der Waals surface area contributed by atoms with Gasteiger partial charge in [0.05, 0.1) is 6.54 Å². The highest BCUT2D eigenvalue weighted by atomic mass is 35.5. The second-order valence-electron chi connectivity index (χ2n) is 6.23. The maximum absolute atomic E-state index is 12.8. The molecule has 0 saturated carbocycles. The fourth-order valence-electron chi connectivity index (χ4n) is 3.25. The van der Waals surface area contributed by atoms with Gasteiger partial charge in [0.1, 0.15) is 5.69 Å². The lowest BCUT2D eigenvalue weighted by atomic mass is 9.93. The van der Waals surface area contributed by atoms with Crippen LogP contribution in [-0.2, 0) is 6.54 Å². The number of carbonyl (C=O) groups excluding carboxylic acids is 1. The molecular formula is C18H26ClN3OS. The summed E-state index contributed by atoms with van der Waals surface area (Å²) < 4.78 is 2.07. The lowest BCUT2D eigenvalue weighted by Crippen LogP contribution is -2.39. The number of rotatable bonds is 6. The predicted octanol–water partition coefficient (Wildman–Crippen LogP) is 3.48. The van der Waals surface area contributed by atoms with Crippen LogP contribution in [0, 0.1) is 5.92 Å². The summed E-state index contributed by atoms with van der Waals surface area (Å²) in [5, 5.41) is 5.30. The fraction of sp³-hybridized carbons (Fsp3) is 0.500. The van der Waals surface area contributed by atoms with Gasteiger partial charge in [-0.25, -0.2) is 0 Å². The van der Waals surface area contributed by atoms with E-state index in [9.17, 15) is 4.79 Å². The van der Waals surface area contributed by atoms with E-state index >= 15 is 0 Å². The molecule has 1 N–H and O–H groups in total. The van der Waals surface area contributed by atoms with Crippen molar-refractivity contribution in [3.63, 3.8) is 0 Å². The zero-order valence-corrected chi connectivity index (χ0v) is 15.7. The summed E-state index contributed by atoms with van der Waals surface area (Å²) in [5.74, 6) is 0.933. The predicted molar refractivity (Wildman–Crippen MR) is 102 cm³/mol. The molecule has 0 atom stereocenters. The Morgan fingerprint density at radius 1 is 1.29 bits per heavy atom. The van der Waals surface area contributed by atoms with Crippen LogP contribution in [-0.4, -0.2) is 42.1 Å². The van der Waals surface area contributed by atoms with Gasteiger partial charge >= 0.3 is 0 Å².